The Hall–Kier alpha value is -2.66. The molecule has 1 N–H and O–H groups in total. The summed E-state index contributed by atoms with van der Waals surface area (Å²) in [7, 11) is 0. The summed E-state index contributed by atoms with van der Waals surface area (Å²) in [4.78, 5) is 16.9. The number of amides is 1. The van der Waals surface area contributed by atoms with E-state index >= 15 is 0 Å². The Morgan fingerprint density at radius 3 is 2.37 bits per heavy atom. The molecule has 27 heavy (non-hydrogen) atoms. The average Bonchev–Trinajstić information content (AvgIpc) is 3.15. The fourth-order valence-corrected chi connectivity index (χ4v) is 3.69. The SMILES string of the molecule is O=C(NCc1ccc(Cn2cncn2)cc1)C1(c2ccc(Cl)cc2)CCC1. The van der Waals surface area contributed by atoms with Gasteiger partial charge in [-0.3, -0.25) is 4.79 Å². The van der Waals surface area contributed by atoms with E-state index < -0.39 is 5.41 Å². The summed E-state index contributed by atoms with van der Waals surface area (Å²) < 4.78 is 1.78. The molecule has 1 heterocycles. The van der Waals surface area contributed by atoms with Crippen LogP contribution in [0.3, 0.4) is 0 Å². The minimum Gasteiger partial charge on any atom is -0.351 e. The van der Waals surface area contributed by atoms with Crippen molar-refractivity contribution in [2.45, 2.75) is 37.8 Å². The van der Waals surface area contributed by atoms with Crippen molar-refractivity contribution in [3.05, 3.63) is 82.9 Å². The highest BCUT2D eigenvalue weighted by Crippen LogP contribution is 2.44. The van der Waals surface area contributed by atoms with Crippen LogP contribution in [-0.2, 0) is 23.3 Å². The maximum absolute atomic E-state index is 12.9. The van der Waals surface area contributed by atoms with Gasteiger partial charge in [0.05, 0.1) is 12.0 Å². The summed E-state index contributed by atoms with van der Waals surface area (Å²) in [5.41, 5.74) is 2.87. The third-order valence-electron chi connectivity index (χ3n) is 5.33. The van der Waals surface area contributed by atoms with E-state index in [1.165, 1.54) is 6.33 Å². The van der Waals surface area contributed by atoms with Crippen LogP contribution in [0.25, 0.3) is 0 Å². The predicted molar refractivity (Wildman–Crippen MR) is 104 cm³/mol. The molecule has 3 aromatic rings. The Morgan fingerprint density at radius 2 is 1.78 bits per heavy atom. The maximum atomic E-state index is 12.9. The third-order valence-corrected chi connectivity index (χ3v) is 5.58. The zero-order chi connectivity index (χ0) is 18.7. The molecule has 138 valence electrons. The molecular formula is C21H21ClN4O. The number of carbonyl (C=O) groups is 1. The van der Waals surface area contributed by atoms with Crippen LogP contribution in [0.2, 0.25) is 5.02 Å². The first-order valence-corrected chi connectivity index (χ1v) is 9.48. The normalized spacial score (nSPS) is 15.1. The lowest BCUT2D eigenvalue weighted by Gasteiger charge is -2.40. The molecule has 1 amide bonds. The van der Waals surface area contributed by atoms with Crippen LogP contribution < -0.4 is 5.32 Å². The fraction of sp³-hybridized carbons (Fsp3) is 0.286. The largest absolute Gasteiger partial charge is 0.351 e. The molecule has 0 saturated heterocycles. The Kier molecular flexibility index (Phi) is 4.94. The fourth-order valence-electron chi connectivity index (χ4n) is 3.56. The van der Waals surface area contributed by atoms with Crippen molar-refractivity contribution in [3.63, 3.8) is 0 Å². The minimum absolute atomic E-state index is 0.0998. The van der Waals surface area contributed by atoms with Crippen LogP contribution in [0.4, 0.5) is 0 Å². The predicted octanol–water partition coefficient (Wildman–Crippen LogP) is 3.72. The highest BCUT2D eigenvalue weighted by Gasteiger charge is 2.45. The summed E-state index contributed by atoms with van der Waals surface area (Å²) in [6.07, 6.45) is 6.07. The van der Waals surface area contributed by atoms with Gasteiger partial charge in [-0.1, -0.05) is 54.4 Å². The van der Waals surface area contributed by atoms with Gasteiger partial charge in [-0.25, -0.2) is 9.67 Å². The first-order valence-electron chi connectivity index (χ1n) is 9.10. The number of halogens is 1. The molecule has 0 bridgehead atoms. The summed E-state index contributed by atoms with van der Waals surface area (Å²) in [6.45, 7) is 1.21. The van der Waals surface area contributed by atoms with Crippen molar-refractivity contribution >= 4 is 17.5 Å². The molecule has 1 aromatic heterocycles. The van der Waals surface area contributed by atoms with Crippen LogP contribution in [0.1, 0.15) is 36.0 Å². The van der Waals surface area contributed by atoms with E-state index in [9.17, 15) is 4.79 Å². The lowest BCUT2D eigenvalue weighted by atomic mass is 9.64. The quantitative estimate of drug-likeness (QED) is 0.709. The summed E-state index contributed by atoms with van der Waals surface area (Å²) in [5, 5.41) is 7.93. The van der Waals surface area contributed by atoms with Crippen molar-refractivity contribution in [1.29, 1.82) is 0 Å². The molecule has 1 fully saturated rings. The molecular weight excluding hydrogens is 360 g/mol. The summed E-state index contributed by atoms with van der Waals surface area (Å²) >= 11 is 5.99. The lowest BCUT2D eigenvalue weighted by Crippen LogP contribution is -2.48. The molecule has 1 saturated carbocycles. The molecule has 1 aliphatic carbocycles. The van der Waals surface area contributed by atoms with Crippen molar-refractivity contribution < 1.29 is 4.79 Å². The van der Waals surface area contributed by atoms with Crippen molar-refractivity contribution in [2.75, 3.05) is 0 Å². The first-order chi connectivity index (χ1) is 13.2. The van der Waals surface area contributed by atoms with Gasteiger partial charge in [0, 0.05) is 11.6 Å². The molecule has 0 atom stereocenters. The van der Waals surface area contributed by atoms with Crippen LogP contribution in [0.15, 0.2) is 61.2 Å². The number of hydrogen-bond acceptors (Lipinski definition) is 3. The molecule has 1 aliphatic rings. The molecule has 0 unspecified atom stereocenters. The number of aromatic nitrogens is 3. The minimum atomic E-state index is -0.405. The van der Waals surface area contributed by atoms with Crippen molar-refractivity contribution in [1.82, 2.24) is 20.1 Å². The van der Waals surface area contributed by atoms with E-state index in [1.54, 1.807) is 11.0 Å². The number of nitrogens with zero attached hydrogens (tertiary/aromatic N) is 3. The molecule has 6 heteroatoms. The Morgan fingerprint density at radius 1 is 1.07 bits per heavy atom. The molecule has 2 aromatic carbocycles. The third kappa shape index (κ3) is 3.74. The second-order valence-electron chi connectivity index (χ2n) is 7.03. The highest BCUT2D eigenvalue weighted by atomic mass is 35.5. The lowest BCUT2D eigenvalue weighted by molar-refractivity contribution is -0.130. The van der Waals surface area contributed by atoms with Gasteiger partial charge in [0.1, 0.15) is 12.7 Å². The Labute approximate surface area is 163 Å². The van der Waals surface area contributed by atoms with Crippen molar-refractivity contribution in [3.8, 4) is 0 Å². The molecule has 0 radical (unpaired) electrons. The van der Waals surface area contributed by atoms with E-state index in [4.69, 9.17) is 11.6 Å². The zero-order valence-electron chi connectivity index (χ0n) is 14.9. The highest BCUT2D eigenvalue weighted by molar-refractivity contribution is 6.30. The van der Waals surface area contributed by atoms with Crippen LogP contribution in [0, 0.1) is 0 Å². The smallest absolute Gasteiger partial charge is 0.230 e. The Bertz CT molecular complexity index is 900. The number of hydrogen-bond donors (Lipinski definition) is 1. The van der Waals surface area contributed by atoms with Gasteiger partial charge in [0.15, 0.2) is 0 Å². The van der Waals surface area contributed by atoms with E-state index in [-0.39, 0.29) is 5.91 Å². The summed E-state index contributed by atoms with van der Waals surface area (Å²) in [5.74, 6) is 0.0998. The standard InChI is InChI=1S/C21H21ClN4O/c22-19-8-6-18(7-9-19)21(10-1-11-21)20(27)24-12-16-2-4-17(5-3-16)13-26-15-23-14-25-26/h2-9,14-15H,1,10-13H2,(H,24,27). The monoisotopic (exact) mass is 380 g/mol. The number of carbonyl (C=O) groups excluding carboxylic acids is 1. The Balaban J connectivity index is 1.39. The van der Waals surface area contributed by atoms with Gasteiger partial charge in [-0.15, -0.1) is 0 Å². The second kappa shape index (κ2) is 7.53. The van der Waals surface area contributed by atoms with E-state index in [0.29, 0.717) is 18.1 Å². The van der Waals surface area contributed by atoms with Gasteiger partial charge >= 0.3 is 0 Å². The van der Waals surface area contributed by atoms with Crippen molar-refractivity contribution in [2.24, 2.45) is 0 Å². The first kappa shape index (κ1) is 17.7. The molecule has 0 spiro atoms. The van der Waals surface area contributed by atoms with Gasteiger partial charge in [0.25, 0.3) is 0 Å². The van der Waals surface area contributed by atoms with Crippen LogP contribution in [0.5, 0.6) is 0 Å². The van der Waals surface area contributed by atoms with E-state index in [0.717, 1.165) is 36.0 Å². The second-order valence-corrected chi connectivity index (χ2v) is 7.47. The zero-order valence-corrected chi connectivity index (χ0v) is 15.7. The average molecular weight is 381 g/mol. The van der Waals surface area contributed by atoms with Gasteiger partial charge in [-0.2, -0.15) is 5.10 Å². The van der Waals surface area contributed by atoms with Gasteiger partial charge < -0.3 is 5.32 Å². The molecule has 5 nitrogen and oxygen atoms in total. The maximum Gasteiger partial charge on any atom is 0.230 e. The van der Waals surface area contributed by atoms with Gasteiger partial charge in [0.2, 0.25) is 5.91 Å². The van der Waals surface area contributed by atoms with Crippen LogP contribution in [-0.4, -0.2) is 20.7 Å². The van der Waals surface area contributed by atoms with E-state index in [1.807, 2.05) is 36.4 Å². The molecule has 4 rings (SSSR count). The number of nitrogens with one attached hydrogen (secondary N) is 1. The molecule has 0 aliphatic heterocycles. The van der Waals surface area contributed by atoms with Gasteiger partial charge in [-0.05, 0) is 41.7 Å². The number of benzene rings is 2. The van der Waals surface area contributed by atoms with E-state index in [2.05, 4.69) is 27.5 Å². The topological polar surface area (TPSA) is 59.8 Å². The summed E-state index contributed by atoms with van der Waals surface area (Å²) in [6, 6.07) is 15.9. The number of rotatable bonds is 6. The van der Waals surface area contributed by atoms with Crippen LogP contribution >= 0.6 is 11.6 Å².